The van der Waals surface area contributed by atoms with Crippen molar-refractivity contribution in [2.45, 2.75) is 46.0 Å². The highest BCUT2D eigenvalue weighted by Gasteiger charge is 2.28. The molecule has 206 valence electrons. The van der Waals surface area contributed by atoms with Gasteiger partial charge in [-0.2, -0.15) is 0 Å². The number of nitrogens with two attached hydrogens (primary N) is 1. The Morgan fingerprint density at radius 2 is 1.70 bits per heavy atom. The molecule has 2 N–H and O–H groups in total. The monoisotopic (exact) mass is 531 g/mol. The van der Waals surface area contributed by atoms with E-state index in [1.54, 1.807) is 0 Å². The van der Waals surface area contributed by atoms with E-state index >= 15 is 0 Å². The van der Waals surface area contributed by atoms with E-state index in [9.17, 15) is 4.79 Å². The minimum atomic E-state index is 0.0271. The predicted molar refractivity (Wildman–Crippen MR) is 168 cm³/mol. The lowest BCUT2D eigenvalue weighted by Gasteiger charge is -2.36. The fraction of sp³-hybridized carbons (Fsp3) is 0.333. The Bertz CT molecular complexity index is 1370. The van der Waals surface area contributed by atoms with Crippen LogP contribution in [0.1, 0.15) is 50.7 Å². The first-order valence-corrected chi connectivity index (χ1v) is 14.7. The van der Waals surface area contributed by atoms with Crippen LogP contribution in [-0.4, -0.2) is 25.2 Å². The lowest BCUT2D eigenvalue weighted by Crippen LogP contribution is -2.36. The van der Waals surface area contributed by atoms with E-state index in [0.717, 1.165) is 67.6 Å². The summed E-state index contributed by atoms with van der Waals surface area (Å²) < 4.78 is 0. The first-order chi connectivity index (χ1) is 19.5. The minimum absolute atomic E-state index is 0.0271. The van der Waals surface area contributed by atoms with Gasteiger partial charge < -0.3 is 15.4 Å². The molecule has 3 aromatic rings. The number of hydrogen-bond acceptors (Lipinski definition) is 3. The van der Waals surface area contributed by atoms with E-state index in [2.05, 4.69) is 79.4 Å². The smallest absolute Gasteiger partial charge is 0.131 e. The number of aldehydes is 1. The highest BCUT2D eigenvalue weighted by atomic mass is 16.1. The predicted octanol–water partition coefficient (Wildman–Crippen LogP) is 7.90. The van der Waals surface area contributed by atoms with E-state index in [4.69, 9.17) is 10.7 Å². The Morgan fingerprint density at radius 1 is 0.975 bits per heavy atom. The second kappa shape index (κ2) is 13.0. The molecule has 1 saturated heterocycles. The molecule has 0 amide bonds. The molecule has 1 unspecified atom stereocenters. The van der Waals surface area contributed by atoms with Crippen molar-refractivity contribution in [3.63, 3.8) is 0 Å². The average Bonchev–Trinajstić information content (AvgIpc) is 2.99. The molecule has 1 fully saturated rings. The molecule has 0 radical (unpaired) electrons. The quantitative estimate of drug-likeness (QED) is 0.173. The van der Waals surface area contributed by atoms with Gasteiger partial charge in [-0.3, -0.25) is 0 Å². The maximum atomic E-state index is 11.9. The molecule has 0 saturated carbocycles. The van der Waals surface area contributed by atoms with Gasteiger partial charge in [0, 0.05) is 30.3 Å². The highest BCUT2D eigenvalue weighted by Crippen LogP contribution is 2.33. The largest absolute Gasteiger partial charge is 0.383 e. The van der Waals surface area contributed by atoms with Crippen LogP contribution in [0.3, 0.4) is 0 Å². The second-order valence-corrected chi connectivity index (χ2v) is 11.5. The molecule has 1 aliphatic carbocycles. The van der Waals surface area contributed by atoms with E-state index in [0.29, 0.717) is 17.7 Å². The Hall–Kier alpha value is -3.92. The number of nitrogens with zero attached hydrogens (tertiary/aromatic N) is 2. The minimum Gasteiger partial charge on any atom is -0.383 e. The van der Waals surface area contributed by atoms with Crippen molar-refractivity contribution in [2.75, 3.05) is 18.0 Å². The molecule has 1 aliphatic heterocycles. The van der Waals surface area contributed by atoms with E-state index in [1.807, 2.05) is 30.3 Å². The van der Waals surface area contributed by atoms with Crippen LogP contribution in [0, 0.1) is 17.8 Å². The molecule has 4 heteroatoms. The maximum Gasteiger partial charge on any atom is 0.131 e. The van der Waals surface area contributed by atoms with Gasteiger partial charge in [-0.1, -0.05) is 80.6 Å². The molecule has 0 spiro atoms. The number of rotatable bonds is 9. The normalized spacial score (nSPS) is 17.1. The summed E-state index contributed by atoms with van der Waals surface area (Å²) in [5.74, 6) is 1.59. The number of benzene rings is 3. The molecule has 2 aliphatic rings. The van der Waals surface area contributed by atoms with Crippen molar-refractivity contribution in [1.29, 1.82) is 0 Å². The van der Waals surface area contributed by atoms with Crippen LogP contribution >= 0.6 is 0 Å². The van der Waals surface area contributed by atoms with Gasteiger partial charge in [0.2, 0.25) is 0 Å². The summed E-state index contributed by atoms with van der Waals surface area (Å²) in [5, 5.41) is 0. The molecule has 0 bridgehead atoms. The standard InChI is InChI=1S/C36H41N3O/c1-26(2)24-27-12-14-29(15-13-27)33-10-6-7-11-34(33)36(37)38-31-16-18-32(19-17-31)39-22-20-30(21-23-39)35(25-40)28-8-4-3-5-9-28/h4,6-19,25-26,30,35H,3,5,20-24H2,1-2H3,(H2,37,38). The molecule has 40 heavy (non-hydrogen) atoms. The summed E-state index contributed by atoms with van der Waals surface area (Å²) in [7, 11) is 0. The first kappa shape index (κ1) is 27.6. The summed E-state index contributed by atoms with van der Waals surface area (Å²) in [5.41, 5.74) is 14.3. The molecular weight excluding hydrogens is 490 g/mol. The average molecular weight is 532 g/mol. The SMILES string of the molecule is CC(C)Cc1ccc(-c2ccccc2C(N)=Nc2ccc(N3CCC(C(C=O)C4=CCCC=C4)CC3)cc2)cc1. The number of hydrogen-bond donors (Lipinski definition) is 1. The molecule has 0 aromatic heterocycles. The topological polar surface area (TPSA) is 58.7 Å². The van der Waals surface area contributed by atoms with Gasteiger partial charge in [0.1, 0.15) is 12.1 Å². The van der Waals surface area contributed by atoms with Crippen molar-refractivity contribution in [3.8, 4) is 11.1 Å². The number of amidine groups is 1. The van der Waals surface area contributed by atoms with Gasteiger partial charge in [-0.15, -0.1) is 0 Å². The van der Waals surface area contributed by atoms with Crippen LogP contribution in [0.15, 0.2) is 102 Å². The van der Waals surface area contributed by atoms with Crippen LogP contribution in [0.25, 0.3) is 11.1 Å². The molecular formula is C36H41N3O. The third-order valence-electron chi connectivity index (χ3n) is 8.18. The summed E-state index contributed by atoms with van der Waals surface area (Å²) >= 11 is 0. The summed E-state index contributed by atoms with van der Waals surface area (Å²) in [6.45, 7) is 6.40. The van der Waals surface area contributed by atoms with Crippen LogP contribution in [0.2, 0.25) is 0 Å². The Labute approximate surface area is 239 Å². The highest BCUT2D eigenvalue weighted by molar-refractivity contribution is 6.04. The fourth-order valence-electron chi connectivity index (χ4n) is 6.05. The second-order valence-electron chi connectivity index (χ2n) is 11.5. The molecule has 4 nitrogen and oxygen atoms in total. The number of aliphatic imine (C=N–C) groups is 1. The first-order valence-electron chi connectivity index (χ1n) is 14.7. The molecule has 3 aromatic carbocycles. The van der Waals surface area contributed by atoms with Crippen molar-refractivity contribution in [2.24, 2.45) is 28.5 Å². The van der Waals surface area contributed by atoms with Gasteiger partial charge in [-0.05, 0) is 90.5 Å². The fourth-order valence-corrected chi connectivity index (χ4v) is 6.05. The Balaban J connectivity index is 1.25. The third-order valence-corrected chi connectivity index (χ3v) is 8.18. The van der Waals surface area contributed by atoms with E-state index < -0.39 is 0 Å². The molecule has 1 heterocycles. The number of carbonyl (C=O) groups is 1. The maximum absolute atomic E-state index is 11.9. The van der Waals surface area contributed by atoms with Crippen molar-refractivity contribution in [3.05, 3.63) is 108 Å². The van der Waals surface area contributed by atoms with Crippen LogP contribution in [0.5, 0.6) is 0 Å². The lowest BCUT2D eigenvalue weighted by atomic mass is 9.79. The zero-order valence-electron chi connectivity index (χ0n) is 23.8. The molecule has 5 rings (SSSR count). The van der Waals surface area contributed by atoms with Crippen molar-refractivity contribution >= 4 is 23.5 Å². The van der Waals surface area contributed by atoms with Gasteiger partial charge in [-0.25, -0.2) is 4.99 Å². The number of allylic oxidation sites excluding steroid dienone is 4. The zero-order valence-corrected chi connectivity index (χ0v) is 23.8. The van der Waals surface area contributed by atoms with E-state index in [-0.39, 0.29) is 5.92 Å². The van der Waals surface area contributed by atoms with Gasteiger partial charge in [0.05, 0.1) is 5.69 Å². The van der Waals surface area contributed by atoms with Crippen LogP contribution in [-0.2, 0) is 11.2 Å². The van der Waals surface area contributed by atoms with Gasteiger partial charge in [0.25, 0.3) is 0 Å². The summed E-state index contributed by atoms with van der Waals surface area (Å²) in [6, 6.07) is 25.4. The Morgan fingerprint density at radius 3 is 2.35 bits per heavy atom. The summed E-state index contributed by atoms with van der Waals surface area (Å²) in [4.78, 5) is 19.1. The number of carbonyl (C=O) groups excluding carboxylic acids is 1. The van der Waals surface area contributed by atoms with Gasteiger partial charge >= 0.3 is 0 Å². The van der Waals surface area contributed by atoms with Crippen molar-refractivity contribution in [1.82, 2.24) is 0 Å². The van der Waals surface area contributed by atoms with Crippen LogP contribution < -0.4 is 10.6 Å². The zero-order chi connectivity index (χ0) is 27.9. The third kappa shape index (κ3) is 6.62. The van der Waals surface area contributed by atoms with E-state index in [1.165, 1.54) is 23.1 Å². The summed E-state index contributed by atoms with van der Waals surface area (Å²) in [6.07, 6.45) is 13.0. The van der Waals surface area contributed by atoms with Crippen LogP contribution in [0.4, 0.5) is 11.4 Å². The lowest BCUT2D eigenvalue weighted by molar-refractivity contribution is -0.111. The number of piperidine rings is 1. The van der Waals surface area contributed by atoms with Gasteiger partial charge in [0.15, 0.2) is 0 Å². The Kier molecular flexibility index (Phi) is 8.95. The van der Waals surface area contributed by atoms with Crippen molar-refractivity contribution < 1.29 is 4.79 Å². The molecule has 1 atom stereocenters. The number of anilines is 1.